The maximum absolute atomic E-state index is 11.7. The van der Waals surface area contributed by atoms with Gasteiger partial charge in [-0.2, -0.15) is 0 Å². The van der Waals surface area contributed by atoms with Crippen molar-refractivity contribution in [3.05, 3.63) is 34.9 Å². The van der Waals surface area contributed by atoms with E-state index in [4.69, 9.17) is 11.6 Å². The monoisotopic (exact) mass is 253 g/mol. The zero-order valence-electron chi connectivity index (χ0n) is 9.82. The Labute approximate surface area is 106 Å². The number of aliphatic carboxylic acids is 1. The minimum absolute atomic E-state index is 0.518. The molecule has 0 aliphatic carbocycles. The van der Waals surface area contributed by atoms with E-state index >= 15 is 0 Å². The number of hydrogen-bond donors (Lipinski definition) is 1. The standard InChI is InChI=1S/C13H16ClNO2/c1-13(12(16)17,15-8-4-5-9-15)10-6-2-3-7-11(10)14/h2-3,6-7H,4-5,8-9H2,1H3,(H,16,17)/t13-/m0/s1. The van der Waals surface area contributed by atoms with Crippen molar-refractivity contribution in [3.8, 4) is 0 Å². The summed E-state index contributed by atoms with van der Waals surface area (Å²) in [6.45, 7) is 3.36. The van der Waals surface area contributed by atoms with Gasteiger partial charge in [0.1, 0.15) is 5.54 Å². The van der Waals surface area contributed by atoms with Crippen LogP contribution in [0.1, 0.15) is 25.3 Å². The molecule has 0 bridgehead atoms. The first kappa shape index (κ1) is 12.4. The summed E-state index contributed by atoms with van der Waals surface area (Å²) < 4.78 is 0. The molecule has 1 aromatic carbocycles. The van der Waals surface area contributed by atoms with Crippen LogP contribution in [0.25, 0.3) is 0 Å². The first-order chi connectivity index (χ1) is 8.06. The molecule has 0 saturated carbocycles. The zero-order chi connectivity index (χ0) is 12.5. The molecule has 1 aliphatic rings. The second-order valence-corrected chi connectivity index (χ2v) is 4.96. The van der Waals surface area contributed by atoms with Crippen molar-refractivity contribution in [3.63, 3.8) is 0 Å². The number of carboxylic acid groups (broad SMARTS) is 1. The van der Waals surface area contributed by atoms with Gasteiger partial charge in [0.05, 0.1) is 0 Å². The molecule has 1 saturated heterocycles. The zero-order valence-corrected chi connectivity index (χ0v) is 10.6. The molecule has 1 atom stereocenters. The summed E-state index contributed by atoms with van der Waals surface area (Å²) >= 11 is 6.14. The third kappa shape index (κ3) is 2.05. The number of carbonyl (C=O) groups is 1. The van der Waals surface area contributed by atoms with Crippen LogP contribution in [0.5, 0.6) is 0 Å². The first-order valence-corrected chi connectivity index (χ1v) is 6.18. The third-order valence-corrected chi connectivity index (χ3v) is 3.88. The highest BCUT2D eigenvalue weighted by Crippen LogP contribution is 2.35. The predicted octanol–water partition coefficient (Wildman–Crippen LogP) is 2.74. The van der Waals surface area contributed by atoms with E-state index in [1.54, 1.807) is 19.1 Å². The molecular weight excluding hydrogens is 238 g/mol. The minimum Gasteiger partial charge on any atom is -0.480 e. The van der Waals surface area contributed by atoms with Crippen molar-refractivity contribution in [1.29, 1.82) is 0 Å². The van der Waals surface area contributed by atoms with Crippen molar-refractivity contribution in [2.24, 2.45) is 0 Å². The fraction of sp³-hybridized carbons (Fsp3) is 0.462. The Bertz CT molecular complexity index is 429. The van der Waals surface area contributed by atoms with Crippen LogP contribution in [0.4, 0.5) is 0 Å². The number of rotatable bonds is 3. The lowest BCUT2D eigenvalue weighted by Gasteiger charge is -2.35. The van der Waals surface area contributed by atoms with Crippen LogP contribution in [0.15, 0.2) is 24.3 Å². The van der Waals surface area contributed by atoms with Gasteiger partial charge in [-0.15, -0.1) is 0 Å². The van der Waals surface area contributed by atoms with Crippen molar-refractivity contribution >= 4 is 17.6 Å². The van der Waals surface area contributed by atoms with Gasteiger partial charge in [-0.25, -0.2) is 4.79 Å². The van der Waals surface area contributed by atoms with Crippen molar-refractivity contribution in [1.82, 2.24) is 4.90 Å². The fourth-order valence-corrected chi connectivity index (χ4v) is 2.76. The summed E-state index contributed by atoms with van der Waals surface area (Å²) in [6, 6.07) is 7.19. The Hall–Kier alpha value is -1.06. The van der Waals surface area contributed by atoms with Crippen LogP contribution >= 0.6 is 11.6 Å². The Kier molecular flexibility index (Phi) is 3.40. The van der Waals surface area contributed by atoms with E-state index in [1.807, 2.05) is 17.0 Å². The van der Waals surface area contributed by atoms with Crippen LogP contribution in [0.2, 0.25) is 5.02 Å². The van der Waals surface area contributed by atoms with Gasteiger partial charge in [0.15, 0.2) is 0 Å². The van der Waals surface area contributed by atoms with Gasteiger partial charge in [-0.3, -0.25) is 4.90 Å². The van der Waals surface area contributed by atoms with Crippen LogP contribution in [0, 0.1) is 0 Å². The van der Waals surface area contributed by atoms with Crippen molar-refractivity contribution in [2.75, 3.05) is 13.1 Å². The van der Waals surface area contributed by atoms with E-state index < -0.39 is 11.5 Å². The molecule has 0 aromatic heterocycles. The van der Waals surface area contributed by atoms with Gasteiger partial charge in [-0.1, -0.05) is 29.8 Å². The van der Waals surface area contributed by atoms with Crippen molar-refractivity contribution < 1.29 is 9.90 Å². The number of hydrogen-bond acceptors (Lipinski definition) is 2. The van der Waals surface area contributed by atoms with Crippen LogP contribution in [0.3, 0.4) is 0 Å². The highest BCUT2D eigenvalue weighted by atomic mass is 35.5. The van der Waals surface area contributed by atoms with E-state index in [9.17, 15) is 9.90 Å². The number of carboxylic acids is 1. The topological polar surface area (TPSA) is 40.5 Å². The van der Waals surface area contributed by atoms with E-state index in [0.717, 1.165) is 25.9 Å². The van der Waals surface area contributed by atoms with Gasteiger partial charge in [0.25, 0.3) is 0 Å². The lowest BCUT2D eigenvalue weighted by Crippen LogP contribution is -2.48. The van der Waals surface area contributed by atoms with E-state index in [2.05, 4.69) is 0 Å². The Morgan fingerprint density at radius 1 is 1.35 bits per heavy atom. The molecule has 0 amide bonds. The maximum atomic E-state index is 11.7. The molecule has 0 spiro atoms. The van der Waals surface area contributed by atoms with Crippen LogP contribution in [-0.2, 0) is 10.3 Å². The maximum Gasteiger partial charge on any atom is 0.328 e. The molecule has 1 N–H and O–H groups in total. The Balaban J connectivity index is 2.47. The predicted molar refractivity (Wildman–Crippen MR) is 67.2 cm³/mol. The smallest absolute Gasteiger partial charge is 0.328 e. The normalized spacial score (nSPS) is 20.1. The summed E-state index contributed by atoms with van der Waals surface area (Å²) in [7, 11) is 0. The largest absolute Gasteiger partial charge is 0.480 e. The summed E-state index contributed by atoms with van der Waals surface area (Å²) in [5, 5.41) is 10.1. The van der Waals surface area contributed by atoms with E-state index in [0.29, 0.717) is 10.6 Å². The molecule has 92 valence electrons. The number of likely N-dealkylation sites (tertiary alicyclic amines) is 1. The summed E-state index contributed by atoms with van der Waals surface area (Å²) in [5.41, 5.74) is -0.342. The van der Waals surface area contributed by atoms with Gasteiger partial charge in [-0.05, 0) is 38.9 Å². The number of nitrogens with zero attached hydrogens (tertiary/aromatic N) is 1. The molecule has 4 heteroatoms. The second kappa shape index (κ2) is 4.67. The molecule has 0 radical (unpaired) electrons. The molecule has 1 fully saturated rings. The molecule has 0 unspecified atom stereocenters. The lowest BCUT2D eigenvalue weighted by atomic mass is 9.90. The van der Waals surface area contributed by atoms with Crippen LogP contribution in [-0.4, -0.2) is 29.1 Å². The summed E-state index contributed by atoms with van der Waals surface area (Å²) in [4.78, 5) is 13.7. The summed E-state index contributed by atoms with van der Waals surface area (Å²) in [6.07, 6.45) is 2.10. The average molecular weight is 254 g/mol. The molecule has 1 aliphatic heterocycles. The quantitative estimate of drug-likeness (QED) is 0.901. The second-order valence-electron chi connectivity index (χ2n) is 4.55. The molecule has 17 heavy (non-hydrogen) atoms. The van der Waals surface area contributed by atoms with E-state index in [1.165, 1.54) is 0 Å². The molecule has 2 rings (SSSR count). The highest BCUT2D eigenvalue weighted by molar-refractivity contribution is 6.31. The third-order valence-electron chi connectivity index (χ3n) is 3.55. The minimum atomic E-state index is -1.02. The highest BCUT2D eigenvalue weighted by Gasteiger charge is 2.43. The number of halogens is 1. The van der Waals surface area contributed by atoms with Gasteiger partial charge in [0.2, 0.25) is 0 Å². The first-order valence-electron chi connectivity index (χ1n) is 5.80. The van der Waals surface area contributed by atoms with Gasteiger partial charge < -0.3 is 5.11 Å². The van der Waals surface area contributed by atoms with Crippen molar-refractivity contribution in [2.45, 2.75) is 25.3 Å². The van der Waals surface area contributed by atoms with Gasteiger partial charge in [0, 0.05) is 10.6 Å². The molecule has 1 heterocycles. The molecular formula is C13H16ClNO2. The fourth-order valence-electron chi connectivity index (χ4n) is 2.44. The van der Waals surface area contributed by atoms with E-state index in [-0.39, 0.29) is 0 Å². The molecule has 3 nitrogen and oxygen atoms in total. The SMILES string of the molecule is C[C@@](C(=O)O)(c1ccccc1Cl)N1CCCC1. The van der Waals surface area contributed by atoms with Crippen LogP contribution < -0.4 is 0 Å². The average Bonchev–Trinajstić information content (AvgIpc) is 2.82. The molecule has 1 aromatic rings. The lowest BCUT2D eigenvalue weighted by molar-refractivity contribution is -0.150. The van der Waals surface area contributed by atoms with Gasteiger partial charge >= 0.3 is 5.97 Å². The Morgan fingerprint density at radius 3 is 2.47 bits per heavy atom. The number of benzene rings is 1. The Morgan fingerprint density at radius 2 is 1.94 bits per heavy atom. The summed E-state index contributed by atoms with van der Waals surface area (Å²) in [5.74, 6) is -0.840.